The molecule has 0 fully saturated rings. The van der Waals surface area contributed by atoms with Crippen molar-refractivity contribution in [2.75, 3.05) is 21.1 Å². The van der Waals surface area contributed by atoms with E-state index >= 15 is 0 Å². The maximum Gasteiger partial charge on any atom is 0.261 e. The van der Waals surface area contributed by atoms with Crippen LogP contribution in [0.1, 0.15) is 24.6 Å². The minimum atomic E-state index is -0.412. The van der Waals surface area contributed by atoms with E-state index in [0.29, 0.717) is 16.8 Å². The van der Waals surface area contributed by atoms with Crippen molar-refractivity contribution in [3.8, 4) is 0 Å². The number of benzene rings is 2. The second-order valence-electron chi connectivity index (χ2n) is 8.25. The van der Waals surface area contributed by atoms with Crippen molar-refractivity contribution in [2.24, 2.45) is 0 Å². The quantitative estimate of drug-likeness (QED) is 0.485. The molecule has 1 aliphatic heterocycles. The third-order valence-corrected chi connectivity index (χ3v) is 5.16. The molecule has 2 amide bonds. The van der Waals surface area contributed by atoms with Crippen molar-refractivity contribution >= 4 is 44.8 Å². The van der Waals surface area contributed by atoms with Gasteiger partial charge in [-0.1, -0.05) is 43.3 Å². The molecule has 2 aromatic heterocycles. The van der Waals surface area contributed by atoms with E-state index in [1.54, 1.807) is 0 Å². The molecule has 2 N–H and O–H groups in total. The zero-order valence-electron chi connectivity index (χ0n) is 18.8. The lowest BCUT2D eigenvalue weighted by molar-refractivity contribution is -0.122. The number of H-pyrrole nitrogens is 1. The predicted octanol–water partition coefficient (Wildman–Crippen LogP) is 3.67. The number of carbonyl (C=O) groups excluding carboxylic acids is 2. The smallest absolute Gasteiger partial charge is 0.261 e. The Morgan fingerprint density at radius 2 is 1.53 bits per heavy atom. The normalized spacial score (nSPS) is 13.8. The summed E-state index contributed by atoms with van der Waals surface area (Å²) in [5.74, 6) is -0.795. The molecule has 2 aromatic carbocycles. The Balaban J connectivity index is 0.000000567. The minimum absolute atomic E-state index is 0.321. The van der Waals surface area contributed by atoms with Gasteiger partial charge in [-0.05, 0) is 39.7 Å². The van der Waals surface area contributed by atoms with Gasteiger partial charge in [0.05, 0.1) is 16.7 Å². The van der Waals surface area contributed by atoms with Crippen LogP contribution in [0.2, 0.25) is 0 Å². The number of imide groups is 1. The summed E-state index contributed by atoms with van der Waals surface area (Å²) in [5.41, 5.74) is 3.83. The Morgan fingerprint density at radius 3 is 2.25 bits per heavy atom. The number of fused-ring (bicyclic) bond motifs is 2. The van der Waals surface area contributed by atoms with Crippen molar-refractivity contribution < 1.29 is 9.59 Å². The van der Waals surface area contributed by atoms with Gasteiger partial charge in [-0.25, -0.2) is 0 Å². The van der Waals surface area contributed by atoms with Gasteiger partial charge in [0.25, 0.3) is 11.8 Å². The first-order valence-electron chi connectivity index (χ1n) is 10.6. The van der Waals surface area contributed by atoms with Crippen LogP contribution in [-0.2, 0) is 16.1 Å². The van der Waals surface area contributed by atoms with E-state index in [1.807, 2.05) is 80.8 Å². The van der Waals surface area contributed by atoms with Crippen molar-refractivity contribution in [3.05, 3.63) is 66.0 Å². The van der Waals surface area contributed by atoms with Crippen LogP contribution in [0, 0.1) is 0 Å². The van der Waals surface area contributed by atoms with E-state index in [-0.39, 0.29) is 5.91 Å². The average molecular weight is 430 g/mol. The lowest BCUT2D eigenvalue weighted by atomic mass is 9.97. The summed E-state index contributed by atoms with van der Waals surface area (Å²) in [6.45, 7) is 2.95. The Hall–Kier alpha value is -3.71. The Labute approximate surface area is 186 Å². The van der Waals surface area contributed by atoms with Crippen LogP contribution in [0.4, 0.5) is 0 Å². The first kappa shape index (κ1) is 21.5. The van der Waals surface area contributed by atoms with Gasteiger partial charge in [-0.3, -0.25) is 20.0 Å². The molecule has 3 heterocycles. The molecule has 7 heteroatoms. The molecule has 0 spiro atoms. The fraction of sp³-hybridized carbons (Fsp3) is 0.240. The van der Waals surface area contributed by atoms with Crippen LogP contribution in [0.3, 0.4) is 0 Å². The largest absolute Gasteiger partial charge is 0.347 e. The summed E-state index contributed by atoms with van der Waals surface area (Å²) in [7, 11) is 6.00. The molecule has 32 heavy (non-hydrogen) atoms. The molecule has 0 saturated carbocycles. The second kappa shape index (κ2) is 8.80. The molecule has 0 unspecified atom stereocenters. The number of aromatic amines is 1. The van der Waals surface area contributed by atoms with Crippen LogP contribution < -0.4 is 5.32 Å². The third-order valence-electron chi connectivity index (χ3n) is 5.16. The summed E-state index contributed by atoms with van der Waals surface area (Å²) < 4.78 is 2.13. The number of aryl methyl sites for hydroxylation is 1. The van der Waals surface area contributed by atoms with E-state index in [9.17, 15) is 9.59 Å². The molecular weight excluding hydrogens is 402 g/mol. The number of nitrogens with one attached hydrogen (secondary N) is 2. The van der Waals surface area contributed by atoms with Gasteiger partial charge in [0.1, 0.15) is 5.69 Å². The van der Waals surface area contributed by atoms with E-state index in [0.717, 1.165) is 40.3 Å². The Bertz CT molecular complexity index is 1340. The number of carbonyl (C=O) groups is 2. The van der Waals surface area contributed by atoms with E-state index in [2.05, 4.69) is 27.0 Å². The van der Waals surface area contributed by atoms with Gasteiger partial charge in [-0.2, -0.15) is 5.10 Å². The van der Waals surface area contributed by atoms with Crippen molar-refractivity contribution in [1.82, 2.24) is 25.0 Å². The third kappa shape index (κ3) is 3.83. The first-order valence-corrected chi connectivity index (χ1v) is 10.6. The van der Waals surface area contributed by atoms with Crippen LogP contribution in [0.5, 0.6) is 0 Å². The van der Waals surface area contributed by atoms with E-state index < -0.39 is 5.91 Å². The fourth-order valence-electron chi connectivity index (χ4n) is 3.96. The summed E-state index contributed by atoms with van der Waals surface area (Å²) in [5, 5.41) is 11.5. The van der Waals surface area contributed by atoms with E-state index in [1.165, 1.54) is 0 Å². The molecule has 0 bridgehead atoms. The summed E-state index contributed by atoms with van der Waals surface area (Å²) in [4.78, 5) is 27.5. The molecule has 0 aliphatic carbocycles. The highest BCUT2D eigenvalue weighted by atomic mass is 16.2. The SMILES string of the molecule is CCCn1cc(C2=C(c3n[nH]c4ccccc34)C(=O)NC2=O)c2ccccc21.CN(C)C. The first-order chi connectivity index (χ1) is 15.4. The molecule has 0 radical (unpaired) electrons. The maximum atomic E-state index is 12.8. The van der Waals surface area contributed by atoms with Crippen molar-refractivity contribution in [1.29, 1.82) is 0 Å². The average Bonchev–Trinajstić information content (AvgIpc) is 3.41. The molecule has 0 saturated heterocycles. The van der Waals surface area contributed by atoms with E-state index in [4.69, 9.17) is 0 Å². The van der Waals surface area contributed by atoms with Gasteiger partial charge in [0.2, 0.25) is 0 Å². The second-order valence-corrected chi connectivity index (χ2v) is 8.25. The molecule has 0 atom stereocenters. The van der Waals surface area contributed by atoms with Gasteiger partial charge in [-0.15, -0.1) is 0 Å². The lowest BCUT2D eigenvalue weighted by Gasteiger charge is -2.01. The highest BCUT2D eigenvalue weighted by molar-refractivity contribution is 6.50. The molecule has 164 valence electrons. The number of aromatic nitrogens is 3. The van der Waals surface area contributed by atoms with Crippen LogP contribution in [0.25, 0.3) is 33.0 Å². The van der Waals surface area contributed by atoms with Gasteiger partial charge in [0, 0.05) is 34.6 Å². The molecule has 1 aliphatic rings. The molecule has 7 nitrogen and oxygen atoms in total. The van der Waals surface area contributed by atoms with Crippen molar-refractivity contribution in [3.63, 3.8) is 0 Å². The number of para-hydroxylation sites is 2. The molecule has 5 rings (SSSR count). The van der Waals surface area contributed by atoms with Gasteiger partial charge < -0.3 is 9.47 Å². The Morgan fingerprint density at radius 1 is 0.906 bits per heavy atom. The Kier molecular flexibility index (Phi) is 5.92. The summed E-state index contributed by atoms with van der Waals surface area (Å²) in [6, 6.07) is 15.5. The highest BCUT2D eigenvalue weighted by Gasteiger charge is 2.35. The summed E-state index contributed by atoms with van der Waals surface area (Å²) in [6.07, 6.45) is 2.94. The minimum Gasteiger partial charge on any atom is -0.347 e. The zero-order valence-corrected chi connectivity index (χ0v) is 18.8. The molecular formula is C25H27N5O2. The summed E-state index contributed by atoms with van der Waals surface area (Å²) >= 11 is 0. The topological polar surface area (TPSA) is 83.0 Å². The number of amides is 2. The number of nitrogens with zero attached hydrogens (tertiary/aromatic N) is 3. The zero-order chi connectivity index (χ0) is 22.8. The van der Waals surface area contributed by atoms with Crippen LogP contribution >= 0.6 is 0 Å². The standard InChI is InChI=1S/C22H18N4O2.C3H9N/c1-2-11-26-12-15(13-7-4-6-10-17(13)26)18-19(22(28)23-21(18)27)20-14-8-3-5-9-16(14)24-25-20;1-4(2)3/h3-10,12H,2,11H2,1H3,(H,24,25)(H,23,27,28);1-3H3. The van der Waals surface area contributed by atoms with Crippen LogP contribution in [-0.4, -0.2) is 52.6 Å². The maximum absolute atomic E-state index is 12.8. The molecule has 4 aromatic rings. The van der Waals surface area contributed by atoms with Crippen LogP contribution in [0.15, 0.2) is 54.7 Å². The predicted molar refractivity (Wildman–Crippen MR) is 128 cm³/mol. The van der Waals surface area contributed by atoms with Crippen molar-refractivity contribution in [2.45, 2.75) is 19.9 Å². The number of rotatable bonds is 4. The van der Waals surface area contributed by atoms with Gasteiger partial charge in [0.15, 0.2) is 0 Å². The number of hydrogen-bond acceptors (Lipinski definition) is 4. The highest BCUT2D eigenvalue weighted by Crippen LogP contribution is 2.37. The van der Waals surface area contributed by atoms with Gasteiger partial charge >= 0.3 is 0 Å². The monoisotopic (exact) mass is 429 g/mol. The number of hydrogen-bond donors (Lipinski definition) is 2. The lowest BCUT2D eigenvalue weighted by Crippen LogP contribution is -2.22. The fourth-order valence-corrected chi connectivity index (χ4v) is 3.96.